The molecule has 1 heterocycles. The van der Waals surface area contributed by atoms with Gasteiger partial charge in [-0.1, -0.05) is 6.07 Å². The minimum absolute atomic E-state index is 0.161. The van der Waals surface area contributed by atoms with Gasteiger partial charge in [0.25, 0.3) is 0 Å². The Morgan fingerprint density at radius 1 is 1.25 bits per heavy atom. The van der Waals surface area contributed by atoms with Crippen LogP contribution in [0, 0.1) is 0 Å². The van der Waals surface area contributed by atoms with Crippen molar-refractivity contribution in [3.8, 4) is 11.5 Å². The van der Waals surface area contributed by atoms with Crippen LogP contribution in [-0.4, -0.2) is 45.0 Å². The number of fused-ring (bicyclic) bond motifs is 1. The molecule has 0 unspecified atom stereocenters. The average Bonchev–Trinajstić information content (AvgIpc) is 2.57. The number of nitrogens with one attached hydrogen (secondary N) is 1. The van der Waals surface area contributed by atoms with Gasteiger partial charge in [-0.15, -0.1) is 0 Å². The third-order valence-corrected chi connectivity index (χ3v) is 3.87. The maximum atomic E-state index is 12.4. The molecule has 0 fully saturated rings. The highest BCUT2D eigenvalue weighted by Gasteiger charge is 2.27. The summed E-state index contributed by atoms with van der Waals surface area (Å²) < 4.78 is 21.8. The summed E-state index contributed by atoms with van der Waals surface area (Å²) in [6.07, 6.45) is -0.540. The van der Waals surface area contributed by atoms with Crippen molar-refractivity contribution >= 4 is 5.91 Å². The first kappa shape index (κ1) is 18.5. The second-order valence-corrected chi connectivity index (χ2v) is 6.18. The summed E-state index contributed by atoms with van der Waals surface area (Å²) in [5.41, 5.74) is 0.395. The number of benzene rings is 1. The Hall–Kier alpha value is -1.79. The Kier molecular flexibility index (Phi) is 6.45. The molecule has 1 aromatic carbocycles. The molecule has 134 valence electrons. The molecule has 0 bridgehead atoms. The number of rotatable bonds is 8. The van der Waals surface area contributed by atoms with Crippen LogP contribution in [0.5, 0.6) is 11.5 Å². The van der Waals surface area contributed by atoms with E-state index in [1.807, 2.05) is 39.0 Å². The fraction of sp³-hybridized carbons (Fsp3) is 0.611. The summed E-state index contributed by atoms with van der Waals surface area (Å²) in [5, 5.41) is 3.02. The van der Waals surface area contributed by atoms with Crippen LogP contribution in [-0.2, 0) is 19.8 Å². The van der Waals surface area contributed by atoms with Crippen molar-refractivity contribution in [1.82, 2.24) is 5.32 Å². The van der Waals surface area contributed by atoms with Crippen LogP contribution in [0.15, 0.2) is 18.2 Å². The Labute approximate surface area is 143 Å². The molecule has 2 rings (SSSR count). The van der Waals surface area contributed by atoms with E-state index in [1.165, 1.54) is 0 Å². The molecule has 1 aromatic rings. The highest BCUT2D eigenvalue weighted by atomic mass is 16.6. The molecule has 24 heavy (non-hydrogen) atoms. The van der Waals surface area contributed by atoms with Crippen LogP contribution in [0.25, 0.3) is 0 Å². The molecule has 1 N–H and O–H groups in total. The molecule has 6 heteroatoms. The second kappa shape index (κ2) is 8.35. The molecular formula is C18H27NO5. The monoisotopic (exact) mass is 337 g/mol. The average molecular weight is 337 g/mol. The van der Waals surface area contributed by atoms with Crippen LogP contribution in [0.1, 0.15) is 33.3 Å². The lowest BCUT2D eigenvalue weighted by Crippen LogP contribution is -2.46. The van der Waals surface area contributed by atoms with Gasteiger partial charge in [0.1, 0.15) is 19.3 Å². The Morgan fingerprint density at radius 3 is 2.67 bits per heavy atom. The second-order valence-electron chi connectivity index (χ2n) is 6.18. The van der Waals surface area contributed by atoms with E-state index in [-0.39, 0.29) is 5.91 Å². The van der Waals surface area contributed by atoms with Gasteiger partial charge in [0.05, 0.1) is 18.8 Å². The summed E-state index contributed by atoms with van der Waals surface area (Å²) in [4.78, 5) is 12.4. The molecule has 1 aliphatic rings. The van der Waals surface area contributed by atoms with E-state index in [2.05, 4.69) is 5.32 Å². The first-order chi connectivity index (χ1) is 11.4. The first-order valence-corrected chi connectivity index (χ1v) is 8.35. The van der Waals surface area contributed by atoms with Crippen LogP contribution in [0.3, 0.4) is 0 Å². The molecule has 0 saturated heterocycles. The largest absolute Gasteiger partial charge is 0.486 e. The third kappa shape index (κ3) is 4.85. The van der Waals surface area contributed by atoms with Crippen molar-refractivity contribution < 1.29 is 23.7 Å². The zero-order chi connectivity index (χ0) is 17.6. The summed E-state index contributed by atoms with van der Waals surface area (Å²) in [6.45, 7) is 10.2. The van der Waals surface area contributed by atoms with Crippen molar-refractivity contribution in [1.29, 1.82) is 0 Å². The highest BCUT2D eigenvalue weighted by molar-refractivity contribution is 5.81. The van der Waals surface area contributed by atoms with E-state index >= 15 is 0 Å². The standard InChI is InChI=1S/C18H27NO5/c1-5-21-8-9-22-13(2)17(20)19-18(3,4)14-6-7-15-16(12-14)24-11-10-23-15/h6-7,12-13H,5,8-11H2,1-4H3,(H,19,20)/t13-/m1/s1. The molecular weight excluding hydrogens is 310 g/mol. The summed E-state index contributed by atoms with van der Waals surface area (Å²) in [5.74, 6) is 1.29. The van der Waals surface area contributed by atoms with Crippen molar-refractivity contribution in [2.45, 2.75) is 39.3 Å². The van der Waals surface area contributed by atoms with E-state index < -0.39 is 11.6 Å². The van der Waals surface area contributed by atoms with Gasteiger partial charge in [-0.25, -0.2) is 0 Å². The Morgan fingerprint density at radius 2 is 1.96 bits per heavy atom. The van der Waals surface area contributed by atoms with Gasteiger partial charge >= 0.3 is 0 Å². The predicted molar refractivity (Wildman–Crippen MR) is 90.5 cm³/mol. The van der Waals surface area contributed by atoms with E-state index in [1.54, 1.807) is 6.92 Å². The van der Waals surface area contributed by atoms with Crippen LogP contribution in [0.4, 0.5) is 0 Å². The molecule has 0 spiro atoms. The van der Waals surface area contributed by atoms with Crippen LogP contribution >= 0.6 is 0 Å². The molecule has 0 saturated carbocycles. The number of amides is 1. The van der Waals surface area contributed by atoms with E-state index in [4.69, 9.17) is 18.9 Å². The van der Waals surface area contributed by atoms with E-state index in [9.17, 15) is 4.79 Å². The lowest BCUT2D eigenvalue weighted by atomic mass is 9.93. The molecule has 1 aliphatic heterocycles. The fourth-order valence-electron chi connectivity index (χ4n) is 2.42. The van der Waals surface area contributed by atoms with Crippen LogP contribution < -0.4 is 14.8 Å². The lowest BCUT2D eigenvalue weighted by Gasteiger charge is -2.30. The van der Waals surface area contributed by atoms with Gasteiger partial charge in [0.2, 0.25) is 5.91 Å². The Balaban J connectivity index is 1.95. The number of carbonyl (C=O) groups is 1. The van der Waals surface area contributed by atoms with Gasteiger partial charge in [-0.3, -0.25) is 4.79 Å². The van der Waals surface area contributed by atoms with E-state index in [0.717, 1.165) is 11.3 Å². The SMILES string of the molecule is CCOCCO[C@H](C)C(=O)NC(C)(C)c1ccc2c(c1)OCCO2. The summed E-state index contributed by atoms with van der Waals surface area (Å²) in [7, 11) is 0. The summed E-state index contributed by atoms with van der Waals surface area (Å²) >= 11 is 0. The smallest absolute Gasteiger partial charge is 0.249 e. The van der Waals surface area contributed by atoms with Crippen molar-refractivity contribution in [3.63, 3.8) is 0 Å². The van der Waals surface area contributed by atoms with Gasteiger partial charge < -0.3 is 24.3 Å². The number of hydrogen-bond acceptors (Lipinski definition) is 5. The van der Waals surface area contributed by atoms with Crippen molar-refractivity contribution in [3.05, 3.63) is 23.8 Å². The number of hydrogen-bond donors (Lipinski definition) is 1. The number of ether oxygens (including phenoxy) is 4. The Bertz CT molecular complexity index is 558. The highest BCUT2D eigenvalue weighted by Crippen LogP contribution is 2.34. The van der Waals surface area contributed by atoms with E-state index in [0.29, 0.717) is 38.8 Å². The first-order valence-electron chi connectivity index (χ1n) is 8.35. The van der Waals surface area contributed by atoms with Gasteiger partial charge in [-0.05, 0) is 45.4 Å². The van der Waals surface area contributed by atoms with Crippen molar-refractivity contribution in [2.75, 3.05) is 33.0 Å². The molecule has 1 atom stereocenters. The van der Waals surface area contributed by atoms with Crippen LogP contribution in [0.2, 0.25) is 0 Å². The molecule has 0 radical (unpaired) electrons. The predicted octanol–water partition coefficient (Wildman–Crippen LogP) is 2.25. The minimum Gasteiger partial charge on any atom is -0.486 e. The molecule has 6 nitrogen and oxygen atoms in total. The normalized spacial score (nSPS) is 15.0. The van der Waals surface area contributed by atoms with Gasteiger partial charge in [-0.2, -0.15) is 0 Å². The quantitative estimate of drug-likeness (QED) is 0.737. The third-order valence-electron chi connectivity index (χ3n) is 3.87. The summed E-state index contributed by atoms with van der Waals surface area (Å²) in [6, 6.07) is 5.73. The zero-order valence-electron chi connectivity index (χ0n) is 14.9. The molecule has 1 amide bonds. The van der Waals surface area contributed by atoms with Crippen molar-refractivity contribution in [2.24, 2.45) is 0 Å². The molecule has 0 aliphatic carbocycles. The zero-order valence-corrected chi connectivity index (χ0v) is 14.9. The maximum Gasteiger partial charge on any atom is 0.249 e. The topological polar surface area (TPSA) is 66.0 Å². The lowest BCUT2D eigenvalue weighted by molar-refractivity contribution is -0.134. The van der Waals surface area contributed by atoms with Gasteiger partial charge in [0.15, 0.2) is 11.5 Å². The number of carbonyl (C=O) groups excluding carboxylic acids is 1. The molecule has 0 aromatic heterocycles. The van der Waals surface area contributed by atoms with Gasteiger partial charge in [0, 0.05) is 6.61 Å². The minimum atomic E-state index is -0.551. The fourth-order valence-corrected chi connectivity index (χ4v) is 2.42. The maximum absolute atomic E-state index is 12.4.